The van der Waals surface area contributed by atoms with Crippen molar-refractivity contribution in [3.05, 3.63) is 95.6 Å². The lowest BCUT2D eigenvalue weighted by atomic mass is 10.0. The Labute approximate surface area is 295 Å². The number of unbranched alkanes of at least 4 members (excludes halogenated alkanes) is 1. The van der Waals surface area contributed by atoms with Gasteiger partial charge in [-0.15, -0.1) is 0 Å². The molecule has 3 aromatic rings. The summed E-state index contributed by atoms with van der Waals surface area (Å²) < 4.78 is 0. The first-order chi connectivity index (χ1) is 24.5. The predicted molar refractivity (Wildman–Crippen MR) is 189 cm³/mol. The van der Waals surface area contributed by atoms with E-state index in [1.807, 2.05) is 0 Å². The maximum absolute atomic E-state index is 13.9. The fourth-order valence-electron chi connectivity index (χ4n) is 5.45. The molecule has 4 atom stereocenters. The number of phenols is 1. The number of para-hydroxylation sites is 1. The van der Waals surface area contributed by atoms with E-state index < -0.39 is 72.7 Å². The summed E-state index contributed by atoms with van der Waals surface area (Å²) in [5.74, 6) is -4.19. The topological polar surface area (TPSA) is 247 Å². The Balaban J connectivity index is 1.67. The van der Waals surface area contributed by atoms with Crippen LogP contribution >= 0.6 is 0 Å². The van der Waals surface area contributed by atoms with Crippen molar-refractivity contribution in [1.82, 2.24) is 31.9 Å². The van der Waals surface area contributed by atoms with Crippen LogP contribution in [0.1, 0.15) is 40.7 Å². The van der Waals surface area contributed by atoms with E-state index in [0.29, 0.717) is 30.5 Å². The highest BCUT2D eigenvalue weighted by Gasteiger charge is 2.33. The number of phenolic OH excluding ortho intramolecular Hbond substituents is 1. The molecule has 1 saturated heterocycles. The zero-order chi connectivity index (χ0) is 36.8. The molecule has 15 heteroatoms. The number of hydrogen-bond donors (Lipinski definition) is 9. The number of aromatic hydroxyl groups is 1. The van der Waals surface area contributed by atoms with Gasteiger partial charge in [-0.25, -0.2) is 0 Å². The van der Waals surface area contributed by atoms with Crippen LogP contribution in [0.15, 0.2) is 78.9 Å². The van der Waals surface area contributed by atoms with Crippen molar-refractivity contribution in [2.24, 2.45) is 5.73 Å². The van der Waals surface area contributed by atoms with Crippen LogP contribution in [0, 0.1) is 0 Å². The molecule has 0 unspecified atom stereocenters. The Hall–Kier alpha value is -5.96. The van der Waals surface area contributed by atoms with Crippen LogP contribution in [-0.2, 0) is 36.8 Å². The number of nitrogens with one attached hydrogen (secondary N) is 6. The minimum atomic E-state index is -1.40. The zero-order valence-electron chi connectivity index (χ0n) is 28.0. The van der Waals surface area contributed by atoms with Gasteiger partial charge in [-0.3, -0.25) is 28.8 Å². The van der Waals surface area contributed by atoms with Crippen molar-refractivity contribution in [1.29, 1.82) is 0 Å². The molecule has 0 aliphatic carbocycles. The van der Waals surface area contributed by atoms with Gasteiger partial charge in [0.15, 0.2) is 0 Å². The van der Waals surface area contributed by atoms with Gasteiger partial charge < -0.3 is 48.5 Å². The quantitative estimate of drug-likeness (QED) is 0.0913. The second kappa shape index (κ2) is 18.7. The fourth-order valence-corrected chi connectivity index (χ4v) is 5.45. The molecule has 3 aromatic carbocycles. The van der Waals surface area contributed by atoms with Crippen LogP contribution in [0.4, 0.5) is 5.69 Å². The summed E-state index contributed by atoms with van der Waals surface area (Å²) in [5, 5.41) is 25.5. The van der Waals surface area contributed by atoms with Gasteiger partial charge in [0.1, 0.15) is 29.9 Å². The van der Waals surface area contributed by atoms with E-state index >= 15 is 0 Å². The average molecular weight is 701 g/mol. The van der Waals surface area contributed by atoms with Crippen molar-refractivity contribution in [3.63, 3.8) is 0 Å². The van der Waals surface area contributed by atoms with Crippen LogP contribution in [0.25, 0.3) is 0 Å². The first-order valence-electron chi connectivity index (χ1n) is 16.7. The van der Waals surface area contributed by atoms with Gasteiger partial charge in [0.2, 0.25) is 29.5 Å². The number of carbonyl (C=O) groups excluding carboxylic acids is 6. The molecule has 0 saturated carbocycles. The van der Waals surface area contributed by atoms with Crippen molar-refractivity contribution >= 4 is 41.1 Å². The van der Waals surface area contributed by atoms with E-state index in [0.717, 1.165) is 0 Å². The van der Waals surface area contributed by atoms with Gasteiger partial charge in [0, 0.05) is 25.1 Å². The van der Waals surface area contributed by atoms with E-state index in [4.69, 9.17) is 11.5 Å². The maximum atomic E-state index is 13.9. The van der Waals surface area contributed by atoms with Gasteiger partial charge in [-0.05, 0) is 61.2 Å². The number of amides is 6. The Bertz CT molecular complexity index is 1690. The summed E-state index contributed by atoms with van der Waals surface area (Å²) in [4.78, 5) is 81.1. The number of hydrogen-bond acceptors (Lipinski definition) is 9. The minimum absolute atomic E-state index is 0.00309. The van der Waals surface area contributed by atoms with Crippen molar-refractivity contribution in [2.45, 2.75) is 56.3 Å². The highest BCUT2D eigenvalue weighted by molar-refractivity contribution is 6.00. The normalized spacial score (nSPS) is 20.4. The summed E-state index contributed by atoms with van der Waals surface area (Å²) in [7, 11) is 0. The lowest BCUT2D eigenvalue weighted by Gasteiger charge is -2.26. The van der Waals surface area contributed by atoms with Gasteiger partial charge in [-0.1, -0.05) is 54.6 Å². The van der Waals surface area contributed by atoms with E-state index in [-0.39, 0.29) is 36.3 Å². The summed E-state index contributed by atoms with van der Waals surface area (Å²) in [5.41, 5.74) is 13.3. The van der Waals surface area contributed by atoms with Crippen LogP contribution in [0.2, 0.25) is 0 Å². The van der Waals surface area contributed by atoms with Crippen LogP contribution in [-0.4, -0.2) is 84.4 Å². The second-order valence-electron chi connectivity index (χ2n) is 12.2. The number of anilines is 1. The third kappa shape index (κ3) is 11.6. The number of nitrogens with two attached hydrogens (primary N) is 2. The monoisotopic (exact) mass is 700 g/mol. The fraction of sp³-hybridized carbons (Fsp3) is 0.333. The van der Waals surface area contributed by atoms with Crippen molar-refractivity contribution in [3.8, 4) is 5.75 Å². The molecule has 15 nitrogen and oxygen atoms in total. The molecule has 11 N–H and O–H groups in total. The molecule has 0 spiro atoms. The van der Waals surface area contributed by atoms with Gasteiger partial charge in [-0.2, -0.15) is 0 Å². The lowest BCUT2D eigenvalue weighted by Crippen LogP contribution is -2.60. The Morgan fingerprint density at radius 3 is 1.94 bits per heavy atom. The van der Waals surface area contributed by atoms with Gasteiger partial charge >= 0.3 is 0 Å². The molecular weight excluding hydrogens is 656 g/mol. The lowest BCUT2D eigenvalue weighted by molar-refractivity contribution is -0.134. The first-order valence-corrected chi connectivity index (χ1v) is 16.7. The van der Waals surface area contributed by atoms with Gasteiger partial charge in [0.25, 0.3) is 5.91 Å². The molecule has 1 fully saturated rings. The van der Waals surface area contributed by atoms with Gasteiger partial charge in [0.05, 0.1) is 12.1 Å². The molecule has 51 heavy (non-hydrogen) atoms. The van der Waals surface area contributed by atoms with Crippen LogP contribution < -0.4 is 43.4 Å². The number of carbonyl (C=O) groups is 6. The Morgan fingerprint density at radius 1 is 0.686 bits per heavy atom. The molecule has 270 valence electrons. The van der Waals surface area contributed by atoms with E-state index in [1.165, 1.54) is 18.2 Å². The highest BCUT2D eigenvalue weighted by atomic mass is 16.3. The third-order valence-electron chi connectivity index (χ3n) is 8.25. The average Bonchev–Trinajstić information content (AvgIpc) is 3.12. The van der Waals surface area contributed by atoms with E-state index in [9.17, 15) is 33.9 Å². The molecular formula is C36H44N8O7. The summed E-state index contributed by atoms with van der Waals surface area (Å²) in [6, 6.07) is 16.3. The smallest absolute Gasteiger partial charge is 0.253 e. The van der Waals surface area contributed by atoms with Crippen LogP contribution in [0.5, 0.6) is 5.75 Å². The molecule has 0 bridgehead atoms. The Kier molecular flexibility index (Phi) is 13.9. The minimum Gasteiger partial charge on any atom is -0.508 e. The highest BCUT2D eigenvalue weighted by Crippen LogP contribution is 2.13. The summed E-state index contributed by atoms with van der Waals surface area (Å²) in [6.45, 7) is -0.572. The van der Waals surface area contributed by atoms with Crippen LogP contribution in [0.3, 0.4) is 0 Å². The van der Waals surface area contributed by atoms with Crippen molar-refractivity contribution < 1.29 is 33.9 Å². The first kappa shape index (κ1) is 37.9. The maximum Gasteiger partial charge on any atom is 0.253 e. The third-order valence-corrected chi connectivity index (χ3v) is 8.25. The molecule has 6 amide bonds. The van der Waals surface area contributed by atoms with Crippen molar-refractivity contribution in [2.75, 3.05) is 25.4 Å². The standard InChI is InChI=1S/C36H44N8O7/c37-17-7-6-12-27-34(49)44-30(20-39-32(47)25-10-4-5-11-26(25)38)36(51)43-28(18-22-8-2-1-3-9-22)33(48)40-21-31(46)41-29(35(50)42-27)19-23-13-15-24(45)16-14-23/h1-5,8-11,13-16,27-30,45H,6-7,12,17-21,37-38H2,(H,39,47)(H,40,48)(H,41,46)(H,42,50)(H,43,51)(H,44,49)/t27-,28+,29+,30+/m1/s1. The van der Waals surface area contributed by atoms with E-state index in [2.05, 4.69) is 31.9 Å². The molecule has 1 aliphatic heterocycles. The largest absolute Gasteiger partial charge is 0.508 e. The zero-order valence-corrected chi connectivity index (χ0v) is 28.0. The predicted octanol–water partition coefficient (Wildman–Crippen LogP) is -0.612. The number of benzene rings is 3. The number of nitrogen functional groups attached to an aromatic ring is 1. The summed E-state index contributed by atoms with van der Waals surface area (Å²) in [6.07, 6.45) is 1.17. The molecule has 4 rings (SSSR count). The van der Waals surface area contributed by atoms with E-state index in [1.54, 1.807) is 60.7 Å². The Morgan fingerprint density at radius 2 is 1.25 bits per heavy atom. The molecule has 1 heterocycles. The SMILES string of the molecule is NCCCC[C@H]1NC(=O)[C@H](Cc2ccc(O)cc2)NC(=O)CNC(=O)[C@H](Cc2ccccc2)NC(=O)[C@H](CNC(=O)c2ccccc2N)NC1=O. The molecule has 0 aromatic heterocycles. The second-order valence-corrected chi connectivity index (χ2v) is 12.2. The summed E-state index contributed by atoms with van der Waals surface area (Å²) >= 11 is 0. The molecule has 1 aliphatic rings. The molecule has 0 radical (unpaired) electrons. The number of rotatable bonds is 11.